The predicted octanol–water partition coefficient (Wildman–Crippen LogP) is 3.66. The van der Waals surface area contributed by atoms with Gasteiger partial charge in [-0.1, -0.05) is 22.9 Å². The molecule has 4 rings (SSSR count). The number of carbonyl (C=O) groups excluding carboxylic acids is 2. The standard InChI is InChI=1S/C25H27N3O5/c1-17-6-4-7-18(14-17)24(29)27-10-5-11-28(13-12-27)25(30)21-16-23(33-26-21)20-15-19(31-2)8-9-22(20)32-3/h4,6-9,14-16H,5,10-13H2,1-3H3. The van der Waals surface area contributed by atoms with Crippen molar-refractivity contribution in [2.45, 2.75) is 13.3 Å². The molecule has 0 unspecified atom stereocenters. The maximum absolute atomic E-state index is 13.1. The first-order chi connectivity index (χ1) is 16.0. The molecule has 0 radical (unpaired) electrons. The molecule has 1 aliphatic rings. The van der Waals surface area contributed by atoms with E-state index in [1.54, 1.807) is 48.3 Å². The molecule has 172 valence electrons. The van der Waals surface area contributed by atoms with Gasteiger partial charge in [-0.2, -0.15) is 0 Å². The van der Waals surface area contributed by atoms with E-state index in [-0.39, 0.29) is 17.5 Å². The monoisotopic (exact) mass is 449 g/mol. The molecule has 1 aliphatic heterocycles. The molecule has 0 spiro atoms. The molecule has 1 saturated heterocycles. The normalized spacial score (nSPS) is 14.0. The van der Waals surface area contributed by atoms with E-state index >= 15 is 0 Å². The van der Waals surface area contributed by atoms with Gasteiger partial charge in [-0.25, -0.2) is 0 Å². The van der Waals surface area contributed by atoms with Crippen LogP contribution in [0.3, 0.4) is 0 Å². The Morgan fingerprint density at radius 2 is 1.67 bits per heavy atom. The van der Waals surface area contributed by atoms with Crippen LogP contribution in [0.15, 0.2) is 53.1 Å². The van der Waals surface area contributed by atoms with E-state index in [0.29, 0.717) is 61.0 Å². The second-order valence-electron chi connectivity index (χ2n) is 7.95. The van der Waals surface area contributed by atoms with E-state index in [2.05, 4.69) is 5.16 Å². The van der Waals surface area contributed by atoms with Gasteiger partial charge in [-0.3, -0.25) is 9.59 Å². The summed E-state index contributed by atoms with van der Waals surface area (Å²) in [5, 5.41) is 4.00. The van der Waals surface area contributed by atoms with Crippen molar-refractivity contribution in [1.29, 1.82) is 0 Å². The smallest absolute Gasteiger partial charge is 0.276 e. The first-order valence-electron chi connectivity index (χ1n) is 10.8. The van der Waals surface area contributed by atoms with Crippen molar-refractivity contribution < 1.29 is 23.6 Å². The van der Waals surface area contributed by atoms with Crippen LogP contribution in [0.4, 0.5) is 0 Å². The number of hydrogen-bond acceptors (Lipinski definition) is 6. The maximum Gasteiger partial charge on any atom is 0.276 e. The Morgan fingerprint density at radius 1 is 0.909 bits per heavy atom. The van der Waals surface area contributed by atoms with Crippen LogP contribution in [-0.4, -0.2) is 67.2 Å². The minimum Gasteiger partial charge on any atom is -0.497 e. The second kappa shape index (κ2) is 9.77. The molecular formula is C25H27N3O5. The molecule has 2 heterocycles. The van der Waals surface area contributed by atoms with Gasteiger partial charge in [-0.15, -0.1) is 0 Å². The van der Waals surface area contributed by atoms with E-state index in [0.717, 1.165) is 5.56 Å². The predicted molar refractivity (Wildman–Crippen MR) is 123 cm³/mol. The van der Waals surface area contributed by atoms with Gasteiger partial charge in [-0.05, 0) is 43.7 Å². The minimum absolute atomic E-state index is 0.0122. The van der Waals surface area contributed by atoms with Crippen molar-refractivity contribution in [1.82, 2.24) is 15.0 Å². The van der Waals surface area contributed by atoms with Crippen LogP contribution in [-0.2, 0) is 0 Å². The summed E-state index contributed by atoms with van der Waals surface area (Å²) in [5.41, 5.74) is 2.58. The lowest BCUT2D eigenvalue weighted by atomic mass is 10.1. The van der Waals surface area contributed by atoms with Gasteiger partial charge >= 0.3 is 0 Å². The summed E-state index contributed by atoms with van der Waals surface area (Å²) in [6.07, 6.45) is 0.692. The summed E-state index contributed by atoms with van der Waals surface area (Å²) in [6, 6.07) is 14.5. The number of ether oxygens (including phenoxy) is 2. The van der Waals surface area contributed by atoms with Gasteiger partial charge in [0.05, 0.1) is 19.8 Å². The molecule has 0 atom stereocenters. The third-order valence-corrected chi connectivity index (χ3v) is 5.74. The van der Waals surface area contributed by atoms with E-state index in [4.69, 9.17) is 14.0 Å². The third-order valence-electron chi connectivity index (χ3n) is 5.74. The fraction of sp³-hybridized carbons (Fsp3) is 0.320. The van der Waals surface area contributed by atoms with Gasteiger partial charge < -0.3 is 23.8 Å². The number of methoxy groups -OCH3 is 2. The lowest BCUT2D eigenvalue weighted by Crippen LogP contribution is -2.37. The van der Waals surface area contributed by atoms with Crippen LogP contribution in [0.2, 0.25) is 0 Å². The Bertz CT molecular complexity index is 1160. The molecule has 1 aromatic heterocycles. The molecule has 8 nitrogen and oxygen atoms in total. The molecule has 0 aliphatic carbocycles. The van der Waals surface area contributed by atoms with Crippen LogP contribution in [0.5, 0.6) is 11.5 Å². The van der Waals surface area contributed by atoms with E-state index in [1.165, 1.54) is 0 Å². The Kier molecular flexibility index (Phi) is 6.63. The summed E-state index contributed by atoms with van der Waals surface area (Å²) in [4.78, 5) is 29.5. The van der Waals surface area contributed by atoms with Crippen molar-refractivity contribution >= 4 is 11.8 Å². The summed E-state index contributed by atoms with van der Waals surface area (Å²) >= 11 is 0. The van der Waals surface area contributed by atoms with Gasteiger partial charge in [0.15, 0.2) is 11.5 Å². The van der Waals surface area contributed by atoms with Gasteiger partial charge in [0.1, 0.15) is 11.5 Å². The number of rotatable bonds is 5. The van der Waals surface area contributed by atoms with Gasteiger partial charge in [0, 0.05) is 37.8 Å². The number of hydrogen-bond donors (Lipinski definition) is 0. The maximum atomic E-state index is 13.1. The summed E-state index contributed by atoms with van der Waals surface area (Å²) in [7, 11) is 3.14. The lowest BCUT2D eigenvalue weighted by molar-refractivity contribution is 0.0713. The number of aryl methyl sites for hydroxylation is 1. The highest BCUT2D eigenvalue weighted by Gasteiger charge is 2.26. The first-order valence-corrected chi connectivity index (χ1v) is 10.8. The molecule has 2 aromatic carbocycles. The fourth-order valence-electron chi connectivity index (χ4n) is 3.96. The molecule has 1 fully saturated rings. The number of nitrogens with zero attached hydrogens (tertiary/aromatic N) is 3. The van der Waals surface area contributed by atoms with Crippen molar-refractivity contribution in [3.63, 3.8) is 0 Å². The van der Waals surface area contributed by atoms with E-state index < -0.39 is 0 Å². The zero-order valence-corrected chi connectivity index (χ0v) is 19.0. The molecule has 0 saturated carbocycles. The molecule has 33 heavy (non-hydrogen) atoms. The zero-order valence-electron chi connectivity index (χ0n) is 19.0. The zero-order chi connectivity index (χ0) is 23.4. The number of aromatic nitrogens is 1. The van der Waals surface area contributed by atoms with Gasteiger partial charge in [0.2, 0.25) is 0 Å². The Hall–Kier alpha value is -3.81. The van der Waals surface area contributed by atoms with Gasteiger partial charge in [0.25, 0.3) is 11.8 Å². The number of benzene rings is 2. The summed E-state index contributed by atoms with van der Waals surface area (Å²) in [5.74, 6) is 1.41. The lowest BCUT2D eigenvalue weighted by Gasteiger charge is -2.21. The van der Waals surface area contributed by atoms with Crippen LogP contribution in [0.1, 0.15) is 32.8 Å². The van der Waals surface area contributed by atoms with Crippen molar-refractivity contribution in [2.24, 2.45) is 0 Å². The minimum atomic E-state index is -0.225. The van der Waals surface area contributed by atoms with Crippen LogP contribution >= 0.6 is 0 Å². The van der Waals surface area contributed by atoms with Crippen molar-refractivity contribution in [2.75, 3.05) is 40.4 Å². The first kappa shape index (κ1) is 22.4. The average Bonchev–Trinajstić information content (AvgIpc) is 3.20. The van der Waals surface area contributed by atoms with Crippen molar-refractivity contribution in [3.8, 4) is 22.8 Å². The molecule has 0 N–H and O–H groups in total. The number of amides is 2. The molecule has 3 aromatic rings. The van der Waals surface area contributed by atoms with Crippen LogP contribution in [0.25, 0.3) is 11.3 Å². The SMILES string of the molecule is COc1ccc(OC)c(-c2cc(C(=O)N3CCCN(C(=O)c4cccc(C)c4)CC3)no2)c1. The Labute approximate surface area is 192 Å². The highest BCUT2D eigenvalue weighted by Crippen LogP contribution is 2.34. The topological polar surface area (TPSA) is 85.1 Å². The largest absolute Gasteiger partial charge is 0.497 e. The summed E-state index contributed by atoms with van der Waals surface area (Å²) < 4.78 is 16.2. The quantitative estimate of drug-likeness (QED) is 0.591. The third kappa shape index (κ3) is 4.84. The molecular weight excluding hydrogens is 422 g/mol. The summed E-state index contributed by atoms with van der Waals surface area (Å²) in [6.45, 7) is 4.00. The molecule has 0 bridgehead atoms. The Balaban J connectivity index is 1.47. The molecule has 2 amide bonds. The van der Waals surface area contributed by atoms with Crippen LogP contribution in [0, 0.1) is 6.92 Å². The van der Waals surface area contributed by atoms with E-state index in [1.807, 2.05) is 31.2 Å². The number of carbonyl (C=O) groups is 2. The fourth-order valence-corrected chi connectivity index (χ4v) is 3.96. The highest BCUT2D eigenvalue weighted by molar-refractivity contribution is 5.95. The highest BCUT2D eigenvalue weighted by atomic mass is 16.5. The van der Waals surface area contributed by atoms with Crippen LogP contribution < -0.4 is 9.47 Å². The average molecular weight is 450 g/mol. The molecule has 8 heteroatoms. The van der Waals surface area contributed by atoms with E-state index in [9.17, 15) is 9.59 Å². The second-order valence-corrected chi connectivity index (χ2v) is 7.95. The van der Waals surface area contributed by atoms with Crippen molar-refractivity contribution in [3.05, 3.63) is 65.4 Å². The Morgan fingerprint density at radius 3 is 2.36 bits per heavy atom.